The summed E-state index contributed by atoms with van der Waals surface area (Å²) in [4.78, 5) is 33.6. The lowest BCUT2D eigenvalue weighted by molar-refractivity contribution is -0.122. The fourth-order valence-corrected chi connectivity index (χ4v) is 5.07. The molecular formula is C25H29ClN4O2. The predicted molar refractivity (Wildman–Crippen MR) is 128 cm³/mol. The number of para-hydroxylation sites is 1. The van der Waals surface area contributed by atoms with Crippen molar-refractivity contribution in [2.24, 2.45) is 0 Å². The number of carbonyl (C=O) groups excluding carboxylic acids is 2. The second-order valence-electron chi connectivity index (χ2n) is 8.53. The average molecular weight is 453 g/mol. The van der Waals surface area contributed by atoms with E-state index in [-0.39, 0.29) is 36.8 Å². The number of nitrogens with zero attached hydrogens (tertiary/aromatic N) is 2. The number of amides is 2. The Hall–Kier alpha value is -2.83. The van der Waals surface area contributed by atoms with Gasteiger partial charge in [0.1, 0.15) is 6.54 Å². The van der Waals surface area contributed by atoms with E-state index in [0.29, 0.717) is 12.1 Å². The van der Waals surface area contributed by atoms with E-state index >= 15 is 0 Å². The van der Waals surface area contributed by atoms with Crippen molar-refractivity contribution in [3.8, 4) is 0 Å². The highest BCUT2D eigenvalue weighted by atomic mass is 35.5. The summed E-state index contributed by atoms with van der Waals surface area (Å²) >= 11 is 0. The fraction of sp³-hybridized carbons (Fsp3) is 0.360. The van der Waals surface area contributed by atoms with Gasteiger partial charge < -0.3 is 20.1 Å². The maximum absolute atomic E-state index is 13.3. The lowest BCUT2D eigenvalue weighted by Crippen LogP contribution is -2.42. The van der Waals surface area contributed by atoms with E-state index in [1.54, 1.807) is 4.90 Å². The Balaban J connectivity index is 0.00000245. The summed E-state index contributed by atoms with van der Waals surface area (Å²) in [6, 6.07) is 15.6. The number of aromatic amines is 1. The highest BCUT2D eigenvalue weighted by Crippen LogP contribution is 2.42. The second kappa shape index (κ2) is 9.35. The van der Waals surface area contributed by atoms with Crippen molar-refractivity contribution in [3.05, 3.63) is 70.9 Å². The zero-order valence-electron chi connectivity index (χ0n) is 18.3. The van der Waals surface area contributed by atoms with Gasteiger partial charge in [0, 0.05) is 40.8 Å². The van der Waals surface area contributed by atoms with E-state index < -0.39 is 0 Å². The molecule has 0 aliphatic carbocycles. The molecule has 0 bridgehead atoms. The zero-order chi connectivity index (χ0) is 21.4. The third-order valence-corrected chi connectivity index (χ3v) is 6.54. The largest absolute Gasteiger partial charge is 0.358 e. The molecule has 1 atom stereocenters. The molecule has 1 unspecified atom stereocenters. The first-order chi connectivity index (χ1) is 15.1. The first kappa shape index (κ1) is 22.4. The van der Waals surface area contributed by atoms with Gasteiger partial charge in [0.05, 0.1) is 6.04 Å². The molecule has 6 nitrogen and oxygen atoms in total. The van der Waals surface area contributed by atoms with Crippen molar-refractivity contribution in [2.75, 3.05) is 32.7 Å². The number of nitrogens with one attached hydrogen (secondary N) is 2. The number of benzene rings is 2. The summed E-state index contributed by atoms with van der Waals surface area (Å²) in [5.74, 6) is -0.192. The lowest BCUT2D eigenvalue weighted by Gasteiger charge is -2.26. The summed E-state index contributed by atoms with van der Waals surface area (Å²) in [7, 11) is 0. The van der Waals surface area contributed by atoms with Gasteiger partial charge in [-0.1, -0.05) is 36.4 Å². The Morgan fingerprint density at radius 2 is 1.81 bits per heavy atom. The standard InChI is InChI=1S/C25H28N4O2.ClH/c1-17-23(20-10-4-5-11-21(20)27-17)24-18-8-2-3-9-19(18)25(31)29(24)16-22(30)26-12-15-28-13-6-7-14-28;/h2-5,8-11,24,27H,6-7,12-16H2,1H3,(H,26,30);1H. The first-order valence-electron chi connectivity index (χ1n) is 11.1. The fourth-order valence-electron chi connectivity index (χ4n) is 5.07. The van der Waals surface area contributed by atoms with E-state index in [2.05, 4.69) is 21.3 Å². The summed E-state index contributed by atoms with van der Waals surface area (Å²) in [5.41, 5.74) is 4.78. The highest BCUT2D eigenvalue weighted by Gasteiger charge is 2.40. The van der Waals surface area contributed by atoms with Gasteiger partial charge in [-0.3, -0.25) is 9.59 Å². The third kappa shape index (κ3) is 4.00. The normalized spacial score (nSPS) is 18.1. The van der Waals surface area contributed by atoms with Crippen molar-refractivity contribution >= 4 is 35.1 Å². The SMILES string of the molecule is Cc1[nH]c2ccccc2c1C1c2ccccc2C(=O)N1CC(=O)NCCN1CCCC1.Cl. The number of hydrogen-bond donors (Lipinski definition) is 2. The smallest absolute Gasteiger partial charge is 0.255 e. The molecule has 32 heavy (non-hydrogen) atoms. The van der Waals surface area contributed by atoms with Crippen LogP contribution in [0.5, 0.6) is 0 Å². The molecule has 2 aliphatic heterocycles. The average Bonchev–Trinajstić information content (AvgIpc) is 3.46. The molecule has 2 N–H and O–H groups in total. The number of aromatic nitrogens is 1. The molecule has 3 aromatic rings. The van der Waals surface area contributed by atoms with Gasteiger partial charge >= 0.3 is 0 Å². The van der Waals surface area contributed by atoms with Crippen LogP contribution in [0, 0.1) is 6.92 Å². The van der Waals surface area contributed by atoms with Gasteiger partial charge in [-0.05, 0) is 50.6 Å². The zero-order valence-corrected chi connectivity index (χ0v) is 19.1. The maximum atomic E-state index is 13.3. The quantitative estimate of drug-likeness (QED) is 0.599. The Labute approximate surface area is 194 Å². The number of rotatable bonds is 6. The van der Waals surface area contributed by atoms with Crippen LogP contribution in [0.4, 0.5) is 0 Å². The molecule has 5 rings (SSSR count). The molecule has 2 amide bonds. The highest BCUT2D eigenvalue weighted by molar-refractivity contribution is 6.02. The van der Waals surface area contributed by atoms with Crippen molar-refractivity contribution in [2.45, 2.75) is 25.8 Å². The summed E-state index contributed by atoms with van der Waals surface area (Å²) in [6.45, 7) is 5.79. The Kier molecular flexibility index (Phi) is 6.53. The Morgan fingerprint density at radius 1 is 1.09 bits per heavy atom. The van der Waals surface area contributed by atoms with Crippen LogP contribution in [0.1, 0.15) is 46.1 Å². The third-order valence-electron chi connectivity index (χ3n) is 6.54. The van der Waals surface area contributed by atoms with Crippen LogP contribution in [0.25, 0.3) is 10.9 Å². The van der Waals surface area contributed by atoms with Gasteiger partial charge in [-0.2, -0.15) is 0 Å². The number of H-pyrrole nitrogens is 1. The monoisotopic (exact) mass is 452 g/mol. The second-order valence-corrected chi connectivity index (χ2v) is 8.53. The van der Waals surface area contributed by atoms with E-state index in [4.69, 9.17) is 0 Å². The van der Waals surface area contributed by atoms with Gasteiger partial charge in [-0.25, -0.2) is 0 Å². The Bertz CT molecular complexity index is 1140. The van der Waals surface area contributed by atoms with Gasteiger partial charge in [-0.15, -0.1) is 12.4 Å². The van der Waals surface area contributed by atoms with Gasteiger partial charge in [0.25, 0.3) is 5.91 Å². The van der Waals surface area contributed by atoms with Crippen molar-refractivity contribution in [1.29, 1.82) is 0 Å². The van der Waals surface area contributed by atoms with Crippen molar-refractivity contribution in [3.63, 3.8) is 0 Å². The molecule has 3 heterocycles. The molecule has 168 valence electrons. The van der Waals surface area contributed by atoms with Crippen LogP contribution in [-0.4, -0.2) is 59.3 Å². The minimum absolute atomic E-state index is 0. The van der Waals surface area contributed by atoms with Crippen LogP contribution < -0.4 is 5.32 Å². The first-order valence-corrected chi connectivity index (χ1v) is 11.1. The van der Waals surface area contributed by atoms with Crippen LogP contribution in [0.15, 0.2) is 48.5 Å². The van der Waals surface area contributed by atoms with Crippen molar-refractivity contribution < 1.29 is 9.59 Å². The number of fused-ring (bicyclic) bond motifs is 2. The molecule has 0 saturated carbocycles. The summed E-state index contributed by atoms with van der Waals surface area (Å²) in [6.07, 6.45) is 2.47. The van der Waals surface area contributed by atoms with Gasteiger partial charge in [0.15, 0.2) is 0 Å². The summed E-state index contributed by atoms with van der Waals surface area (Å²) < 4.78 is 0. The van der Waals surface area contributed by atoms with E-state index in [1.165, 1.54) is 12.8 Å². The molecule has 0 spiro atoms. The number of aryl methyl sites for hydroxylation is 1. The van der Waals surface area contributed by atoms with Crippen molar-refractivity contribution in [1.82, 2.24) is 20.1 Å². The molecule has 2 aromatic carbocycles. The van der Waals surface area contributed by atoms with Gasteiger partial charge in [0.2, 0.25) is 5.91 Å². The minimum Gasteiger partial charge on any atom is -0.358 e. The predicted octanol–water partition coefficient (Wildman–Crippen LogP) is 3.66. The van der Waals surface area contributed by atoms with Crippen LogP contribution in [0.2, 0.25) is 0 Å². The Morgan fingerprint density at radius 3 is 2.62 bits per heavy atom. The molecule has 0 radical (unpaired) electrons. The van der Waals surface area contributed by atoms with Crippen LogP contribution in [0.3, 0.4) is 0 Å². The maximum Gasteiger partial charge on any atom is 0.255 e. The van der Waals surface area contributed by atoms with Crippen LogP contribution in [-0.2, 0) is 4.79 Å². The number of likely N-dealkylation sites (tertiary alicyclic amines) is 1. The van der Waals surface area contributed by atoms with Crippen LogP contribution >= 0.6 is 12.4 Å². The number of hydrogen-bond acceptors (Lipinski definition) is 3. The topological polar surface area (TPSA) is 68.4 Å². The van der Waals surface area contributed by atoms with E-state index in [1.807, 2.05) is 49.4 Å². The molecular weight excluding hydrogens is 424 g/mol. The minimum atomic E-state index is -0.274. The molecule has 1 aromatic heterocycles. The molecule has 1 fully saturated rings. The summed E-state index contributed by atoms with van der Waals surface area (Å²) in [5, 5.41) is 4.11. The van der Waals surface area contributed by atoms with E-state index in [9.17, 15) is 9.59 Å². The molecule has 7 heteroatoms. The number of halogens is 1. The number of carbonyl (C=O) groups is 2. The molecule has 1 saturated heterocycles. The van der Waals surface area contributed by atoms with E-state index in [0.717, 1.165) is 47.4 Å². The molecule has 2 aliphatic rings. The lowest BCUT2D eigenvalue weighted by atomic mass is 9.95.